The maximum atomic E-state index is 2.35. The molecule has 0 bridgehead atoms. The average Bonchev–Trinajstić information content (AvgIpc) is 2.34. The van der Waals surface area contributed by atoms with E-state index in [0.717, 1.165) is 0 Å². The average molecular weight is 369 g/mol. The molecule has 0 amide bonds. The quantitative estimate of drug-likeness (QED) is 0.628. The van der Waals surface area contributed by atoms with E-state index in [1.807, 2.05) is 0 Å². The molecule has 3 heteroatoms. The second-order valence-corrected chi connectivity index (χ2v) is 4.51. The molecule has 1 aromatic heterocycles. The molecule has 2 aromatic rings. The lowest BCUT2D eigenvalue weighted by Gasteiger charge is -1.95. The van der Waals surface area contributed by atoms with Crippen molar-refractivity contribution in [2.75, 3.05) is 0 Å². The SMILES string of the molecule is Ic1cccc2ccn(I)c12. The third kappa shape index (κ3) is 1.28. The van der Waals surface area contributed by atoms with Crippen molar-refractivity contribution in [2.24, 2.45) is 0 Å². The number of fused-ring (bicyclic) bond motifs is 1. The molecule has 0 fully saturated rings. The molecule has 0 radical (unpaired) electrons. The molecule has 0 aliphatic rings. The smallest absolute Gasteiger partial charge is 0.0710 e. The van der Waals surface area contributed by atoms with Crippen molar-refractivity contribution in [1.82, 2.24) is 2.78 Å². The third-order valence-corrected chi connectivity index (χ3v) is 3.29. The third-order valence-electron chi connectivity index (χ3n) is 1.62. The van der Waals surface area contributed by atoms with Gasteiger partial charge in [-0.25, -0.2) is 0 Å². The van der Waals surface area contributed by atoms with Crippen molar-refractivity contribution in [2.45, 2.75) is 0 Å². The Morgan fingerprint density at radius 2 is 2.00 bits per heavy atom. The molecule has 1 aromatic carbocycles. The lowest BCUT2D eigenvalue weighted by atomic mass is 10.3. The minimum atomic E-state index is 1.31. The monoisotopic (exact) mass is 369 g/mol. The van der Waals surface area contributed by atoms with Gasteiger partial charge in [0.1, 0.15) is 0 Å². The van der Waals surface area contributed by atoms with Crippen LogP contribution in [0.4, 0.5) is 0 Å². The summed E-state index contributed by atoms with van der Waals surface area (Å²) in [5.41, 5.74) is 1.31. The predicted molar refractivity (Wildman–Crippen MR) is 64.1 cm³/mol. The molecule has 0 saturated heterocycles. The van der Waals surface area contributed by atoms with E-state index in [0.29, 0.717) is 0 Å². The van der Waals surface area contributed by atoms with Gasteiger partial charge < -0.3 is 0 Å². The summed E-state index contributed by atoms with van der Waals surface area (Å²) < 4.78 is 3.42. The summed E-state index contributed by atoms with van der Waals surface area (Å²) in [7, 11) is 0. The van der Waals surface area contributed by atoms with E-state index in [2.05, 4.69) is 78.7 Å². The maximum absolute atomic E-state index is 2.35. The first-order valence-corrected chi connectivity index (χ1v) is 5.25. The van der Waals surface area contributed by atoms with Gasteiger partial charge in [-0.3, -0.25) is 2.78 Å². The molecule has 1 nitrogen and oxygen atoms in total. The number of rotatable bonds is 0. The fourth-order valence-electron chi connectivity index (χ4n) is 1.11. The van der Waals surface area contributed by atoms with Gasteiger partial charge in [-0.05, 0) is 34.7 Å². The Labute approximate surface area is 92.4 Å². The normalized spacial score (nSPS) is 10.7. The molecule has 2 rings (SSSR count). The zero-order valence-corrected chi connectivity index (χ0v) is 9.90. The van der Waals surface area contributed by atoms with Gasteiger partial charge in [0.25, 0.3) is 0 Å². The van der Waals surface area contributed by atoms with Gasteiger partial charge in [0.2, 0.25) is 0 Å². The Bertz CT molecular complexity index is 392. The Morgan fingerprint density at radius 1 is 1.18 bits per heavy atom. The van der Waals surface area contributed by atoms with Crippen molar-refractivity contribution in [1.29, 1.82) is 0 Å². The number of aromatic nitrogens is 1. The molecule has 0 aliphatic carbocycles. The van der Waals surface area contributed by atoms with Crippen LogP contribution in [0.2, 0.25) is 0 Å². The first-order valence-electron chi connectivity index (χ1n) is 3.21. The van der Waals surface area contributed by atoms with Crippen LogP contribution in [0.15, 0.2) is 30.5 Å². The highest BCUT2D eigenvalue weighted by Gasteiger charge is 2.00. The van der Waals surface area contributed by atoms with Crippen LogP contribution in [0, 0.1) is 3.57 Å². The van der Waals surface area contributed by atoms with Gasteiger partial charge in [-0.2, -0.15) is 0 Å². The van der Waals surface area contributed by atoms with Crippen molar-refractivity contribution in [3.8, 4) is 0 Å². The summed E-state index contributed by atoms with van der Waals surface area (Å²) in [5, 5.41) is 1.31. The predicted octanol–water partition coefficient (Wildman–Crippen LogP) is 3.44. The number of hydrogen-bond acceptors (Lipinski definition) is 0. The van der Waals surface area contributed by atoms with Crippen LogP contribution in [-0.4, -0.2) is 2.78 Å². The summed E-state index contributed by atoms with van der Waals surface area (Å²) in [5.74, 6) is 0. The molecule has 0 N–H and O–H groups in total. The zero-order chi connectivity index (χ0) is 7.84. The van der Waals surface area contributed by atoms with Crippen molar-refractivity contribution in [3.63, 3.8) is 0 Å². The van der Waals surface area contributed by atoms with Crippen LogP contribution in [0.1, 0.15) is 0 Å². The fourth-order valence-corrected chi connectivity index (χ4v) is 3.05. The minimum absolute atomic E-state index is 1.31. The topological polar surface area (TPSA) is 4.93 Å². The first kappa shape index (κ1) is 7.85. The van der Waals surface area contributed by atoms with Crippen molar-refractivity contribution in [3.05, 3.63) is 34.0 Å². The van der Waals surface area contributed by atoms with Crippen molar-refractivity contribution >= 4 is 56.4 Å². The van der Waals surface area contributed by atoms with Gasteiger partial charge in [0.05, 0.1) is 28.4 Å². The van der Waals surface area contributed by atoms with E-state index in [1.54, 1.807) is 0 Å². The first-order chi connectivity index (χ1) is 5.29. The maximum Gasteiger partial charge on any atom is 0.0710 e. The Kier molecular flexibility index (Phi) is 2.09. The molecule has 56 valence electrons. The largest absolute Gasteiger partial charge is 0.289 e. The van der Waals surface area contributed by atoms with E-state index >= 15 is 0 Å². The fraction of sp³-hybridized carbons (Fsp3) is 0. The highest BCUT2D eigenvalue weighted by atomic mass is 127. The van der Waals surface area contributed by atoms with Crippen LogP contribution < -0.4 is 0 Å². The zero-order valence-electron chi connectivity index (χ0n) is 5.59. The molecule has 0 saturated carbocycles. The molecule has 0 spiro atoms. The van der Waals surface area contributed by atoms with E-state index in [-0.39, 0.29) is 0 Å². The minimum Gasteiger partial charge on any atom is -0.289 e. The molecular formula is C8H5I2N. The van der Waals surface area contributed by atoms with Crippen LogP contribution >= 0.6 is 45.5 Å². The summed E-state index contributed by atoms with van der Waals surface area (Å²) in [6.45, 7) is 0. The number of para-hydroxylation sites is 1. The standard InChI is InChI=1S/C8H5I2N/c9-7-3-1-2-6-4-5-11(10)8(6)7/h1-5H. The lowest BCUT2D eigenvalue weighted by Crippen LogP contribution is -1.78. The highest BCUT2D eigenvalue weighted by molar-refractivity contribution is 14.1. The Balaban J connectivity index is 2.96. The number of nitrogens with zero attached hydrogens (tertiary/aromatic N) is 1. The molecule has 0 aliphatic heterocycles. The van der Waals surface area contributed by atoms with Crippen molar-refractivity contribution < 1.29 is 0 Å². The summed E-state index contributed by atoms with van der Waals surface area (Å²) in [6, 6.07) is 8.47. The van der Waals surface area contributed by atoms with Gasteiger partial charge >= 0.3 is 0 Å². The molecule has 1 heterocycles. The van der Waals surface area contributed by atoms with Crippen LogP contribution in [0.5, 0.6) is 0 Å². The second-order valence-electron chi connectivity index (χ2n) is 2.30. The van der Waals surface area contributed by atoms with Gasteiger partial charge in [0, 0.05) is 15.2 Å². The van der Waals surface area contributed by atoms with E-state index in [1.165, 1.54) is 14.5 Å². The Morgan fingerprint density at radius 3 is 2.73 bits per heavy atom. The summed E-state index contributed by atoms with van der Waals surface area (Å²) >= 11 is 4.65. The van der Waals surface area contributed by atoms with Gasteiger partial charge in [-0.1, -0.05) is 12.1 Å². The second kappa shape index (κ2) is 2.93. The van der Waals surface area contributed by atoms with E-state index < -0.39 is 0 Å². The number of benzene rings is 1. The van der Waals surface area contributed by atoms with Crippen LogP contribution in [0.3, 0.4) is 0 Å². The van der Waals surface area contributed by atoms with Crippen LogP contribution in [0.25, 0.3) is 10.9 Å². The number of halogens is 2. The molecule has 0 atom stereocenters. The van der Waals surface area contributed by atoms with Gasteiger partial charge in [-0.15, -0.1) is 0 Å². The Hall–Kier alpha value is 0.220. The molecule has 0 unspecified atom stereocenters. The highest BCUT2D eigenvalue weighted by Crippen LogP contribution is 2.22. The van der Waals surface area contributed by atoms with E-state index in [9.17, 15) is 0 Å². The lowest BCUT2D eigenvalue weighted by molar-refractivity contribution is 1.41. The van der Waals surface area contributed by atoms with Gasteiger partial charge in [0.15, 0.2) is 0 Å². The molecular weight excluding hydrogens is 364 g/mol. The summed E-state index contributed by atoms with van der Waals surface area (Å²) in [4.78, 5) is 0. The summed E-state index contributed by atoms with van der Waals surface area (Å²) in [6.07, 6.45) is 2.08. The number of hydrogen-bond donors (Lipinski definition) is 0. The molecule has 11 heavy (non-hydrogen) atoms. The van der Waals surface area contributed by atoms with Crippen LogP contribution in [-0.2, 0) is 0 Å². The van der Waals surface area contributed by atoms with E-state index in [4.69, 9.17) is 0 Å².